The number of rotatable bonds is 14. The van der Waals surface area contributed by atoms with Crippen LogP contribution in [0.15, 0.2) is 444 Å². The summed E-state index contributed by atoms with van der Waals surface area (Å²) in [6, 6.07) is 146. The van der Waals surface area contributed by atoms with Gasteiger partial charge < -0.3 is 13.3 Å². The van der Waals surface area contributed by atoms with E-state index in [4.69, 9.17) is 58.1 Å². The second-order valence-electron chi connectivity index (χ2n) is 29.8. The van der Waals surface area contributed by atoms with Gasteiger partial charge in [-0.15, -0.1) is 0 Å². The van der Waals surface area contributed by atoms with Crippen molar-refractivity contribution in [1.29, 1.82) is 0 Å². The first-order valence-electron chi connectivity index (χ1n) is 40.8. The van der Waals surface area contributed by atoms with E-state index in [-0.39, 0.29) is 0 Å². The van der Waals surface area contributed by atoms with Crippen molar-refractivity contribution in [2.45, 2.75) is 0 Å². The van der Waals surface area contributed by atoms with Crippen molar-refractivity contribution in [3.05, 3.63) is 431 Å². The molecule has 0 fully saturated rings. The Kier molecular flexibility index (Phi) is 19.7. The largest absolute Gasteiger partial charge is 0.456 e. The molecule has 0 aliphatic rings. The van der Waals surface area contributed by atoms with E-state index in [2.05, 4.69) is 267 Å². The lowest BCUT2D eigenvalue weighted by molar-refractivity contribution is 0.668. The monoisotopic (exact) mass is 1580 g/mol. The molecule has 0 atom stereocenters. The first-order chi connectivity index (χ1) is 60.9. The van der Waals surface area contributed by atoms with Crippen molar-refractivity contribution in [3.63, 3.8) is 0 Å². The first-order valence-corrected chi connectivity index (χ1v) is 40.8. The summed E-state index contributed by atoms with van der Waals surface area (Å²) in [5.74, 6) is 5.59. The minimum absolute atomic E-state index is 0.606. The predicted octanol–water partition coefficient (Wildman–Crippen LogP) is 28.7. The maximum absolute atomic E-state index is 6.19. The van der Waals surface area contributed by atoms with Gasteiger partial charge in [-0.25, -0.2) is 44.9 Å². The molecule has 23 rings (SSSR count). The second-order valence-corrected chi connectivity index (χ2v) is 29.8. The molecule has 12 heteroatoms. The topological polar surface area (TPSA) is 155 Å². The molecule has 0 unspecified atom stereocenters. The number of furan rings is 3. The van der Waals surface area contributed by atoms with E-state index >= 15 is 0 Å². The second kappa shape index (κ2) is 32.9. The maximum atomic E-state index is 6.19. The van der Waals surface area contributed by atoms with Crippen molar-refractivity contribution in [2.75, 3.05) is 0 Å². The molecule has 123 heavy (non-hydrogen) atoms. The number of fused-ring (bicyclic) bond motifs is 9. The molecule has 578 valence electrons. The Hall–Kier alpha value is -16.8. The van der Waals surface area contributed by atoms with Gasteiger partial charge in [0.15, 0.2) is 52.4 Å². The van der Waals surface area contributed by atoms with E-state index in [1.165, 1.54) is 22.3 Å². The highest BCUT2D eigenvalue weighted by molar-refractivity contribution is 6.14. The van der Waals surface area contributed by atoms with Crippen LogP contribution in [-0.2, 0) is 0 Å². The summed E-state index contributed by atoms with van der Waals surface area (Å²) in [6.07, 6.45) is 0. The molecular weight excluding hydrogens is 1510 g/mol. The van der Waals surface area contributed by atoms with Crippen LogP contribution in [0.4, 0.5) is 0 Å². The zero-order valence-corrected chi connectivity index (χ0v) is 66.2. The van der Waals surface area contributed by atoms with E-state index in [1.807, 2.05) is 164 Å². The fourth-order valence-electron chi connectivity index (χ4n) is 16.0. The molecular formula is C111H71N9O3. The van der Waals surface area contributed by atoms with Gasteiger partial charge in [-0.2, -0.15) is 0 Å². The predicted molar refractivity (Wildman–Crippen MR) is 497 cm³/mol. The van der Waals surface area contributed by atoms with Crippen LogP contribution in [0.2, 0.25) is 0 Å². The molecule has 0 amide bonds. The average Bonchev–Trinajstić information content (AvgIpc) is 1.64. The normalized spacial score (nSPS) is 11.3. The quantitative estimate of drug-likeness (QED) is 0.102. The van der Waals surface area contributed by atoms with Crippen LogP contribution >= 0.6 is 0 Å². The summed E-state index contributed by atoms with van der Waals surface area (Å²) in [7, 11) is 0. The molecule has 0 spiro atoms. The molecule has 0 N–H and O–H groups in total. The van der Waals surface area contributed by atoms with Crippen molar-refractivity contribution in [2.24, 2.45) is 0 Å². The molecule has 17 aromatic carbocycles. The molecule has 0 saturated heterocycles. The lowest BCUT2D eigenvalue weighted by Crippen LogP contribution is -2.00. The lowest BCUT2D eigenvalue weighted by Gasteiger charge is -2.11. The molecule has 23 aromatic rings. The molecule has 12 nitrogen and oxygen atoms in total. The highest BCUT2D eigenvalue weighted by Gasteiger charge is 2.23. The van der Waals surface area contributed by atoms with Gasteiger partial charge in [0, 0.05) is 82.4 Å². The van der Waals surface area contributed by atoms with Crippen molar-refractivity contribution >= 4 is 65.8 Å². The van der Waals surface area contributed by atoms with Crippen LogP contribution in [0, 0.1) is 0 Å². The van der Waals surface area contributed by atoms with E-state index < -0.39 is 0 Å². The minimum Gasteiger partial charge on any atom is -0.456 e. The van der Waals surface area contributed by atoms with Gasteiger partial charge in [0.05, 0.1) is 0 Å². The molecule has 0 bridgehead atoms. The van der Waals surface area contributed by atoms with Gasteiger partial charge >= 0.3 is 0 Å². The number of para-hydroxylation sites is 3. The van der Waals surface area contributed by atoms with Gasteiger partial charge in [0.25, 0.3) is 0 Å². The Bertz CT molecular complexity index is 7650. The summed E-state index contributed by atoms with van der Waals surface area (Å²) >= 11 is 0. The summed E-state index contributed by atoms with van der Waals surface area (Å²) in [5, 5.41) is 6.13. The van der Waals surface area contributed by atoms with Crippen LogP contribution < -0.4 is 0 Å². The van der Waals surface area contributed by atoms with Gasteiger partial charge in [0.2, 0.25) is 0 Å². The summed E-state index contributed by atoms with van der Waals surface area (Å²) < 4.78 is 18.5. The number of aromatic nitrogens is 9. The van der Waals surface area contributed by atoms with Gasteiger partial charge in [0.1, 0.15) is 33.5 Å². The van der Waals surface area contributed by atoms with E-state index in [0.717, 1.165) is 149 Å². The number of nitrogens with zero attached hydrogens (tertiary/aromatic N) is 9. The van der Waals surface area contributed by atoms with Crippen LogP contribution in [0.5, 0.6) is 0 Å². The standard InChI is InChI=1S/2C39H25N3O.C33H21N3O/c1-3-11-26(12-4-1)28-21-23-29(24-22-28)37-40-38(31-16-9-15-30(25-31)27-13-5-2-6-14-27)42-39(41-37)33-18-10-20-35-36(33)32-17-7-8-19-34(32)43-35;1-3-10-26(11-4-1)28-18-22-30(23-19-28)37-40-38(31-24-20-29(21-25-31)27-12-5-2-6-13-27)42-39(41-37)33-15-9-17-35-36(33)32-14-7-8-16-34(32)43-35;1-3-10-22(11-4-1)23-18-20-25(21-19-23)32-34-31(24-12-5-2-6-13-24)35-33(36-32)27-15-9-17-29-30(27)26-14-7-8-16-28(26)37-29/h2*1-25H;1-21H. The lowest BCUT2D eigenvalue weighted by atomic mass is 10.0. The third-order valence-electron chi connectivity index (χ3n) is 22.1. The fraction of sp³-hybridized carbons (Fsp3) is 0. The van der Waals surface area contributed by atoms with Crippen LogP contribution in [0.25, 0.3) is 224 Å². The van der Waals surface area contributed by atoms with Crippen molar-refractivity contribution < 1.29 is 13.3 Å². The molecule has 0 aliphatic carbocycles. The van der Waals surface area contributed by atoms with Gasteiger partial charge in [-0.1, -0.05) is 388 Å². The summed E-state index contributed by atoms with van der Waals surface area (Å²) in [4.78, 5) is 45.0. The van der Waals surface area contributed by atoms with Crippen LogP contribution in [0.3, 0.4) is 0 Å². The Labute approximate surface area is 708 Å². The van der Waals surface area contributed by atoms with Gasteiger partial charge in [-0.3, -0.25) is 0 Å². The zero-order valence-electron chi connectivity index (χ0n) is 66.2. The Balaban J connectivity index is 0.000000114. The smallest absolute Gasteiger partial charge is 0.164 e. The molecule has 6 aromatic heterocycles. The third kappa shape index (κ3) is 15.1. The summed E-state index contributed by atoms with van der Waals surface area (Å²) in [6.45, 7) is 0. The fourth-order valence-corrected chi connectivity index (χ4v) is 16.0. The van der Waals surface area contributed by atoms with Crippen LogP contribution in [-0.4, -0.2) is 44.9 Å². The van der Waals surface area contributed by atoms with E-state index in [0.29, 0.717) is 52.4 Å². The SMILES string of the molecule is c1ccc(-c2ccc(-c3nc(-c4ccc(-c5ccccc5)cc4)nc(-c4cccc5oc6ccccc6c45)n3)cc2)cc1.c1ccc(-c2ccc(-c3nc(-c4cccc(-c5ccccc5)c4)nc(-c4cccc5oc6ccccc6c45)n3)cc2)cc1.c1ccc(-c2ccc(-c3nc(-c4ccccc4)nc(-c4cccc5oc6ccccc6c45)n3)cc2)cc1. The molecule has 0 radical (unpaired) electrons. The highest BCUT2D eigenvalue weighted by Crippen LogP contribution is 2.42. The maximum Gasteiger partial charge on any atom is 0.164 e. The summed E-state index contributed by atoms with van der Waals surface area (Å²) in [5.41, 5.74) is 24.8. The number of benzene rings is 17. The van der Waals surface area contributed by atoms with Crippen LogP contribution in [0.1, 0.15) is 0 Å². The average molecular weight is 1580 g/mol. The zero-order chi connectivity index (χ0) is 81.8. The van der Waals surface area contributed by atoms with Crippen molar-refractivity contribution in [3.8, 4) is 158 Å². The first kappa shape index (κ1) is 73.8. The number of hydrogen-bond acceptors (Lipinski definition) is 12. The molecule has 6 heterocycles. The Morgan fingerprint density at radius 3 is 0.585 bits per heavy atom. The third-order valence-corrected chi connectivity index (χ3v) is 22.1. The molecule has 0 aliphatic heterocycles. The highest BCUT2D eigenvalue weighted by atomic mass is 16.3. The molecule has 0 saturated carbocycles. The van der Waals surface area contributed by atoms with Crippen molar-refractivity contribution in [1.82, 2.24) is 44.9 Å². The Morgan fingerprint density at radius 2 is 0.301 bits per heavy atom. The minimum atomic E-state index is 0.606. The Morgan fingerprint density at radius 1 is 0.122 bits per heavy atom. The van der Waals surface area contributed by atoms with E-state index in [1.54, 1.807) is 0 Å². The van der Waals surface area contributed by atoms with Gasteiger partial charge in [-0.05, 0) is 98.1 Å². The van der Waals surface area contributed by atoms with E-state index in [9.17, 15) is 0 Å². The number of hydrogen-bond donors (Lipinski definition) is 0.